The van der Waals surface area contributed by atoms with Crippen molar-refractivity contribution in [2.45, 2.75) is 38.6 Å². The summed E-state index contributed by atoms with van der Waals surface area (Å²) >= 11 is 0. The molecule has 0 heterocycles. The van der Waals surface area contributed by atoms with Crippen LogP contribution in [0.1, 0.15) is 20.8 Å². The monoisotopic (exact) mass is 241 g/mol. The van der Waals surface area contributed by atoms with Gasteiger partial charge in [0.1, 0.15) is 5.60 Å². The highest BCUT2D eigenvalue weighted by Crippen LogP contribution is 2.23. The van der Waals surface area contributed by atoms with E-state index in [-0.39, 0.29) is 11.2 Å². The summed E-state index contributed by atoms with van der Waals surface area (Å²) in [5.41, 5.74) is -0.912. The molecule has 0 aliphatic heterocycles. The largest absolute Gasteiger partial charge is 0.444 e. The van der Waals surface area contributed by atoms with E-state index in [1.165, 1.54) is 20.8 Å². The Morgan fingerprint density at radius 3 is 2.00 bits per heavy atom. The molecule has 0 N–H and O–H groups in total. The van der Waals surface area contributed by atoms with Gasteiger partial charge in [0.15, 0.2) is 12.3 Å². The van der Waals surface area contributed by atoms with Crippen LogP contribution in [0.5, 0.6) is 0 Å². The molecule has 0 aliphatic rings. The van der Waals surface area contributed by atoms with Crippen molar-refractivity contribution in [2.75, 3.05) is 7.05 Å². The molecule has 0 aromatic rings. The maximum atomic E-state index is 12.3. The zero-order valence-electron chi connectivity index (χ0n) is 9.46. The lowest BCUT2D eigenvalue weighted by atomic mass is 10.2. The van der Waals surface area contributed by atoms with Crippen molar-refractivity contribution in [3.63, 3.8) is 0 Å². The van der Waals surface area contributed by atoms with Crippen LogP contribution in [-0.4, -0.2) is 42.1 Å². The molecule has 0 aliphatic carbocycles. The van der Waals surface area contributed by atoms with Gasteiger partial charge in [0.05, 0.1) is 0 Å². The second kappa shape index (κ2) is 4.71. The van der Waals surface area contributed by atoms with Gasteiger partial charge in [-0.3, -0.25) is 4.90 Å². The summed E-state index contributed by atoms with van der Waals surface area (Å²) < 4.78 is 41.6. The standard InChI is InChI=1S/C9H14F3NO3/c1-8(2,3)16-7(15)13(4)6(5-14)9(10,11)12/h5-6H,1-4H3. The lowest BCUT2D eigenvalue weighted by molar-refractivity contribution is -0.176. The first-order valence-corrected chi connectivity index (χ1v) is 4.47. The molecule has 94 valence electrons. The van der Waals surface area contributed by atoms with Crippen molar-refractivity contribution < 1.29 is 27.5 Å². The molecular formula is C9H14F3NO3. The number of rotatable bonds is 2. The molecule has 0 bridgehead atoms. The summed E-state index contributed by atoms with van der Waals surface area (Å²) in [5, 5.41) is 0. The van der Waals surface area contributed by atoms with Gasteiger partial charge in [0.25, 0.3) is 0 Å². The molecular weight excluding hydrogens is 227 g/mol. The van der Waals surface area contributed by atoms with E-state index in [2.05, 4.69) is 0 Å². The minimum absolute atomic E-state index is 0.220. The number of ether oxygens (including phenoxy) is 1. The summed E-state index contributed by atoms with van der Waals surface area (Å²) in [5.74, 6) is 0. The van der Waals surface area contributed by atoms with Gasteiger partial charge in [-0.05, 0) is 20.8 Å². The van der Waals surface area contributed by atoms with E-state index in [4.69, 9.17) is 4.74 Å². The maximum Gasteiger partial charge on any atom is 0.415 e. The molecule has 0 rings (SSSR count). The number of nitrogens with zero attached hydrogens (tertiary/aromatic N) is 1. The molecule has 0 radical (unpaired) electrons. The first kappa shape index (κ1) is 14.7. The van der Waals surface area contributed by atoms with Crippen LogP contribution in [0.25, 0.3) is 0 Å². The van der Waals surface area contributed by atoms with E-state index < -0.39 is 23.9 Å². The minimum Gasteiger partial charge on any atom is -0.444 e. The molecule has 0 saturated heterocycles. The summed E-state index contributed by atoms with van der Waals surface area (Å²) in [7, 11) is 0.862. The Balaban J connectivity index is 4.71. The molecule has 1 amide bonds. The van der Waals surface area contributed by atoms with Crippen LogP contribution < -0.4 is 0 Å². The fraction of sp³-hybridized carbons (Fsp3) is 0.778. The third-order valence-electron chi connectivity index (χ3n) is 1.56. The van der Waals surface area contributed by atoms with Crippen LogP contribution in [0.4, 0.5) is 18.0 Å². The van der Waals surface area contributed by atoms with E-state index in [9.17, 15) is 22.8 Å². The molecule has 0 fully saturated rings. The van der Waals surface area contributed by atoms with Gasteiger partial charge in [0.2, 0.25) is 0 Å². The Hall–Kier alpha value is -1.27. The number of likely N-dealkylation sites (N-methyl/N-ethyl adjacent to an activating group) is 1. The summed E-state index contributed by atoms with van der Waals surface area (Å²) in [4.78, 5) is 21.8. The average molecular weight is 241 g/mol. The molecule has 7 heteroatoms. The van der Waals surface area contributed by atoms with E-state index in [0.717, 1.165) is 7.05 Å². The van der Waals surface area contributed by atoms with Crippen molar-refractivity contribution in [3.8, 4) is 0 Å². The summed E-state index contributed by atoms with van der Waals surface area (Å²) in [6.07, 6.45) is -6.33. The Kier molecular flexibility index (Phi) is 4.34. The first-order valence-electron chi connectivity index (χ1n) is 4.47. The number of carbonyl (C=O) groups excluding carboxylic acids is 2. The number of amides is 1. The first-order chi connectivity index (χ1) is 6.99. The lowest BCUT2D eigenvalue weighted by Crippen LogP contribution is -2.49. The Labute approximate surface area is 91.4 Å². The van der Waals surface area contributed by atoms with Crippen LogP contribution in [0.15, 0.2) is 0 Å². The molecule has 0 saturated carbocycles. The number of hydrogen-bond acceptors (Lipinski definition) is 3. The summed E-state index contributed by atoms with van der Waals surface area (Å²) in [6, 6.07) is -2.48. The number of carbonyl (C=O) groups is 2. The van der Waals surface area contributed by atoms with Crippen molar-refractivity contribution in [2.24, 2.45) is 0 Å². The highest BCUT2D eigenvalue weighted by Gasteiger charge is 2.45. The minimum atomic E-state index is -4.80. The quantitative estimate of drug-likeness (QED) is 0.694. The zero-order valence-corrected chi connectivity index (χ0v) is 9.46. The fourth-order valence-corrected chi connectivity index (χ4v) is 0.836. The number of halogens is 3. The highest BCUT2D eigenvalue weighted by molar-refractivity contribution is 5.74. The van der Waals surface area contributed by atoms with Gasteiger partial charge in [-0.1, -0.05) is 0 Å². The third kappa shape index (κ3) is 4.50. The molecule has 4 nitrogen and oxygen atoms in total. The Bertz CT molecular complexity index is 270. The molecule has 1 unspecified atom stereocenters. The lowest BCUT2D eigenvalue weighted by Gasteiger charge is -2.28. The average Bonchev–Trinajstić information content (AvgIpc) is 1.99. The van der Waals surface area contributed by atoms with Gasteiger partial charge in [0, 0.05) is 7.05 Å². The second-order valence-electron chi connectivity index (χ2n) is 4.21. The Morgan fingerprint density at radius 2 is 1.75 bits per heavy atom. The van der Waals surface area contributed by atoms with Crippen molar-refractivity contribution in [1.29, 1.82) is 0 Å². The Morgan fingerprint density at radius 1 is 1.31 bits per heavy atom. The van der Waals surface area contributed by atoms with Crippen LogP contribution in [-0.2, 0) is 9.53 Å². The molecule has 0 aromatic carbocycles. The third-order valence-corrected chi connectivity index (χ3v) is 1.56. The summed E-state index contributed by atoms with van der Waals surface area (Å²) in [6.45, 7) is 4.55. The molecule has 0 spiro atoms. The highest BCUT2D eigenvalue weighted by atomic mass is 19.4. The number of alkyl halides is 3. The maximum absolute atomic E-state index is 12.3. The second-order valence-corrected chi connectivity index (χ2v) is 4.21. The van der Waals surface area contributed by atoms with E-state index in [1.54, 1.807) is 0 Å². The van der Waals surface area contributed by atoms with Gasteiger partial charge < -0.3 is 9.53 Å². The normalized spacial score (nSPS) is 14.2. The van der Waals surface area contributed by atoms with E-state index in [1.807, 2.05) is 0 Å². The van der Waals surface area contributed by atoms with Crippen LogP contribution in [0, 0.1) is 0 Å². The number of hydrogen-bond donors (Lipinski definition) is 0. The molecule has 16 heavy (non-hydrogen) atoms. The number of aldehydes is 1. The zero-order chi connectivity index (χ0) is 13.1. The van der Waals surface area contributed by atoms with E-state index in [0.29, 0.717) is 0 Å². The van der Waals surface area contributed by atoms with Crippen LogP contribution >= 0.6 is 0 Å². The van der Waals surface area contributed by atoms with Gasteiger partial charge >= 0.3 is 12.3 Å². The van der Waals surface area contributed by atoms with Crippen molar-refractivity contribution in [3.05, 3.63) is 0 Å². The van der Waals surface area contributed by atoms with Gasteiger partial charge in [-0.2, -0.15) is 13.2 Å². The molecule has 0 aromatic heterocycles. The topological polar surface area (TPSA) is 46.6 Å². The smallest absolute Gasteiger partial charge is 0.415 e. The van der Waals surface area contributed by atoms with Crippen molar-refractivity contribution >= 4 is 12.4 Å². The predicted octanol–water partition coefficient (Wildman–Crippen LogP) is 1.98. The fourth-order valence-electron chi connectivity index (χ4n) is 0.836. The van der Waals surface area contributed by atoms with Crippen LogP contribution in [0.3, 0.4) is 0 Å². The van der Waals surface area contributed by atoms with Gasteiger partial charge in [-0.15, -0.1) is 0 Å². The van der Waals surface area contributed by atoms with Crippen molar-refractivity contribution in [1.82, 2.24) is 4.90 Å². The predicted molar refractivity (Wildman–Crippen MR) is 49.9 cm³/mol. The van der Waals surface area contributed by atoms with Crippen LogP contribution in [0.2, 0.25) is 0 Å². The van der Waals surface area contributed by atoms with E-state index >= 15 is 0 Å². The van der Waals surface area contributed by atoms with Gasteiger partial charge in [-0.25, -0.2) is 4.79 Å². The SMILES string of the molecule is CN(C(=O)OC(C)(C)C)C(C=O)C(F)(F)F. The molecule has 1 atom stereocenters.